The molecule has 1 aliphatic heterocycles. The lowest BCUT2D eigenvalue weighted by molar-refractivity contribution is 0.221. The van der Waals surface area contributed by atoms with E-state index in [1.807, 2.05) is 12.1 Å². The Morgan fingerprint density at radius 2 is 1.89 bits per heavy atom. The fraction of sp³-hybridized carbons (Fsp3) is 0.600. The molecule has 2 nitrogen and oxygen atoms in total. The Balaban J connectivity index is 1.74. The molecular weight excluding hydrogens is 227 g/mol. The maximum absolute atomic E-state index is 13.5. The van der Waals surface area contributed by atoms with Crippen molar-refractivity contribution in [3.05, 3.63) is 35.6 Å². The molecule has 0 bridgehead atoms. The van der Waals surface area contributed by atoms with Crippen molar-refractivity contribution in [2.24, 2.45) is 5.73 Å². The van der Waals surface area contributed by atoms with Crippen molar-refractivity contribution in [3.8, 4) is 0 Å². The minimum atomic E-state index is -0.133. The largest absolute Gasteiger partial charge is 0.327 e. The van der Waals surface area contributed by atoms with E-state index >= 15 is 0 Å². The van der Waals surface area contributed by atoms with Crippen molar-refractivity contribution in [3.63, 3.8) is 0 Å². The van der Waals surface area contributed by atoms with Crippen LogP contribution < -0.4 is 5.73 Å². The first-order valence-electron chi connectivity index (χ1n) is 6.97. The summed E-state index contributed by atoms with van der Waals surface area (Å²) in [6, 6.07) is 6.99. The van der Waals surface area contributed by atoms with E-state index in [1.165, 1.54) is 38.4 Å². The van der Waals surface area contributed by atoms with Crippen LogP contribution in [0.25, 0.3) is 0 Å². The molecule has 1 aliphatic rings. The molecule has 0 aliphatic carbocycles. The van der Waals surface area contributed by atoms with Crippen molar-refractivity contribution in [1.29, 1.82) is 0 Å². The highest BCUT2D eigenvalue weighted by atomic mass is 19.1. The lowest BCUT2D eigenvalue weighted by atomic mass is 10.0. The van der Waals surface area contributed by atoms with Gasteiger partial charge in [-0.2, -0.15) is 0 Å². The molecule has 1 unspecified atom stereocenters. The Morgan fingerprint density at radius 3 is 2.61 bits per heavy atom. The van der Waals surface area contributed by atoms with Crippen LogP contribution in [-0.4, -0.2) is 30.6 Å². The van der Waals surface area contributed by atoms with E-state index in [2.05, 4.69) is 4.90 Å². The van der Waals surface area contributed by atoms with Gasteiger partial charge in [0.1, 0.15) is 5.82 Å². The zero-order valence-electron chi connectivity index (χ0n) is 10.9. The van der Waals surface area contributed by atoms with Gasteiger partial charge in [-0.15, -0.1) is 0 Å². The summed E-state index contributed by atoms with van der Waals surface area (Å²) in [5, 5.41) is 0. The molecule has 0 saturated carbocycles. The van der Waals surface area contributed by atoms with Crippen LogP contribution in [0.2, 0.25) is 0 Å². The SMILES string of the molecule is NC(CCN1CCCCC1)Cc1ccccc1F. The molecule has 18 heavy (non-hydrogen) atoms. The van der Waals surface area contributed by atoms with Crippen LogP contribution in [0.3, 0.4) is 0 Å². The van der Waals surface area contributed by atoms with Gasteiger partial charge in [0.2, 0.25) is 0 Å². The summed E-state index contributed by atoms with van der Waals surface area (Å²) < 4.78 is 13.5. The summed E-state index contributed by atoms with van der Waals surface area (Å²) in [6.45, 7) is 3.45. The Bertz CT molecular complexity index is 361. The zero-order valence-corrected chi connectivity index (χ0v) is 10.9. The van der Waals surface area contributed by atoms with Gasteiger partial charge in [0.05, 0.1) is 0 Å². The van der Waals surface area contributed by atoms with Gasteiger partial charge in [0.25, 0.3) is 0 Å². The molecule has 1 aromatic carbocycles. The van der Waals surface area contributed by atoms with Gasteiger partial charge in [-0.25, -0.2) is 4.39 Å². The second-order valence-electron chi connectivity index (χ2n) is 5.25. The summed E-state index contributed by atoms with van der Waals surface area (Å²) in [7, 11) is 0. The molecule has 3 heteroatoms. The Labute approximate surface area is 109 Å². The first kappa shape index (κ1) is 13.5. The highest BCUT2D eigenvalue weighted by Crippen LogP contribution is 2.12. The van der Waals surface area contributed by atoms with Crippen LogP contribution in [0.4, 0.5) is 4.39 Å². The maximum Gasteiger partial charge on any atom is 0.126 e. The van der Waals surface area contributed by atoms with E-state index in [0.29, 0.717) is 6.42 Å². The molecule has 2 rings (SSSR count). The summed E-state index contributed by atoms with van der Waals surface area (Å²) in [6.07, 6.45) is 5.57. The number of rotatable bonds is 5. The summed E-state index contributed by atoms with van der Waals surface area (Å²) in [5.74, 6) is -0.133. The van der Waals surface area contributed by atoms with E-state index in [1.54, 1.807) is 6.07 Å². The van der Waals surface area contributed by atoms with Crippen molar-refractivity contribution >= 4 is 0 Å². The average molecular weight is 250 g/mol. The summed E-state index contributed by atoms with van der Waals surface area (Å²) in [5.41, 5.74) is 6.84. The maximum atomic E-state index is 13.5. The third kappa shape index (κ3) is 4.07. The van der Waals surface area contributed by atoms with Gasteiger partial charge in [-0.3, -0.25) is 0 Å². The fourth-order valence-electron chi connectivity index (χ4n) is 2.58. The summed E-state index contributed by atoms with van der Waals surface area (Å²) in [4.78, 5) is 2.48. The number of hydrogen-bond acceptors (Lipinski definition) is 2. The fourth-order valence-corrected chi connectivity index (χ4v) is 2.58. The van der Waals surface area contributed by atoms with Gasteiger partial charge in [0, 0.05) is 6.04 Å². The van der Waals surface area contributed by atoms with Gasteiger partial charge in [-0.05, 0) is 56.9 Å². The molecule has 1 aromatic rings. The zero-order chi connectivity index (χ0) is 12.8. The van der Waals surface area contributed by atoms with Crippen LogP contribution >= 0.6 is 0 Å². The third-order valence-electron chi connectivity index (χ3n) is 3.70. The summed E-state index contributed by atoms with van der Waals surface area (Å²) >= 11 is 0. The van der Waals surface area contributed by atoms with Gasteiger partial charge in [0.15, 0.2) is 0 Å². The molecular formula is C15H23FN2. The molecule has 100 valence electrons. The number of piperidine rings is 1. The molecule has 1 saturated heterocycles. The lowest BCUT2D eigenvalue weighted by Crippen LogP contribution is -2.35. The Hall–Kier alpha value is -0.930. The van der Waals surface area contributed by atoms with Crippen LogP contribution in [0, 0.1) is 5.82 Å². The number of nitrogens with zero attached hydrogens (tertiary/aromatic N) is 1. The standard InChI is InChI=1S/C15H23FN2/c16-15-7-3-2-6-13(15)12-14(17)8-11-18-9-4-1-5-10-18/h2-3,6-7,14H,1,4-5,8-12,17H2. The lowest BCUT2D eigenvalue weighted by Gasteiger charge is -2.27. The average Bonchev–Trinajstić information content (AvgIpc) is 2.40. The smallest absolute Gasteiger partial charge is 0.126 e. The third-order valence-corrected chi connectivity index (χ3v) is 3.70. The molecule has 1 fully saturated rings. The van der Waals surface area contributed by atoms with Crippen LogP contribution in [0.1, 0.15) is 31.2 Å². The predicted molar refractivity (Wildman–Crippen MR) is 73.0 cm³/mol. The number of halogens is 1. The highest BCUT2D eigenvalue weighted by molar-refractivity contribution is 5.18. The molecule has 0 spiro atoms. The topological polar surface area (TPSA) is 29.3 Å². The van der Waals surface area contributed by atoms with E-state index < -0.39 is 0 Å². The number of benzene rings is 1. The molecule has 0 aromatic heterocycles. The molecule has 0 radical (unpaired) electrons. The molecule has 1 atom stereocenters. The molecule has 1 heterocycles. The highest BCUT2D eigenvalue weighted by Gasteiger charge is 2.13. The second kappa shape index (κ2) is 6.86. The number of hydrogen-bond donors (Lipinski definition) is 1. The predicted octanol–water partition coefficient (Wildman–Crippen LogP) is 2.57. The molecule has 0 amide bonds. The van der Waals surface area contributed by atoms with Gasteiger partial charge < -0.3 is 10.6 Å². The number of likely N-dealkylation sites (tertiary alicyclic amines) is 1. The van der Waals surface area contributed by atoms with Crippen LogP contribution in [0.15, 0.2) is 24.3 Å². The van der Waals surface area contributed by atoms with Gasteiger partial charge in [-0.1, -0.05) is 24.6 Å². The van der Waals surface area contributed by atoms with E-state index in [0.717, 1.165) is 18.5 Å². The van der Waals surface area contributed by atoms with Crippen molar-refractivity contribution in [1.82, 2.24) is 4.90 Å². The Kier molecular flexibility index (Phi) is 5.14. The van der Waals surface area contributed by atoms with Gasteiger partial charge >= 0.3 is 0 Å². The first-order valence-corrected chi connectivity index (χ1v) is 6.97. The first-order chi connectivity index (χ1) is 8.75. The monoisotopic (exact) mass is 250 g/mol. The van der Waals surface area contributed by atoms with E-state index in [-0.39, 0.29) is 11.9 Å². The Morgan fingerprint density at radius 1 is 1.17 bits per heavy atom. The second-order valence-corrected chi connectivity index (χ2v) is 5.25. The van der Waals surface area contributed by atoms with E-state index in [9.17, 15) is 4.39 Å². The van der Waals surface area contributed by atoms with Crippen molar-refractivity contribution in [2.45, 2.75) is 38.1 Å². The van der Waals surface area contributed by atoms with E-state index in [4.69, 9.17) is 5.73 Å². The number of nitrogens with two attached hydrogens (primary N) is 1. The van der Waals surface area contributed by atoms with Crippen LogP contribution in [0.5, 0.6) is 0 Å². The van der Waals surface area contributed by atoms with Crippen molar-refractivity contribution in [2.75, 3.05) is 19.6 Å². The normalized spacial score (nSPS) is 18.8. The van der Waals surface area contributed by atoms with Crippen LogP contribution in [-0.2, 0) is 6.42 Å². The minimum absolute atomic E-state index is 0.0591. The quantitative estimate of drug-likeness (QED) is 0.870. The molecule has 2 N–H and O–H groups in total. The minimum Gasteiger partial charge on any atom is -0.327 e. The van der Waals surface area contributed by atoms with Crippen molar-refractivity contribution < 1.29 is 4.39 Å².